The minimum atomic E-state index is -0.0450. The molecule has 0 N–H and O–H groups in total. The third-order valence-electron chi connectivity index (χ3n) is 3.82. The molecule has 86 valence electrons. The topological polar surface area (TPSA) is 18.5 Å². The van der Waals surface area contributed by atoms with Crippen molar-refractivity contribution < 1.29 is 9.31 Å². The van der Waals surface area contributed by atoms with Gasteiger partial charge in [0.05, 0.1) is 11.7 Å². The molecular weight excluding hydrogens is 187 g/mol. The second-order valence-electron chi connectivity index (χ2n) is 6.55. The maximum atomic E-state index is 6.13. The number of hydrogen-bond donors (Lipinski definition) is 0. The Kier molecular flexibility index (Phi) is 2.67. The molecule has 2 nitrogen and oxygen atoms in total. The van der Waals surface area contributed by atoms with Gasteiger partial charge in [-0.3, -0.25) is 0 Å². The minimum absolute atomic E-state index is 0.00824. The smallest absolute Gasteiger partial charge is 0.405 e. The van der Waals surface area contributed by atoms with Crippen LogP contribution in [-0.2, 0) is 9.31 Å². The van der Waals surface area contributed by atoms with Crippen molar-refractivity contribution in [3.05, 3.63) is 0 Å². The van der Waals surface area contributed by atoms with Gasteiger partial charge in [-0.25, -0.2) is 0 Å². The molecule has 0 spiro atoms. The zero-order valence-corrected chi connectivity index (χ0v) is 10.7. The van der Waals surface area contributed by atoms with Gasteiger partial charge < -0.3 is 9.31 Å². The zero-order valence-electron chi connectivity index (χ0n) is 10.7. The summed E-state index contributed by atoms with van der Waals surface area (Å²) in [6, 6.07) is 0. The third kappa shape index (κ3) is 2.09. The van der Waals surface area contributed by atoms with E-state index in [1.54, 1.807) is 0 Å². The minimum Gasteiger partial charge on any atom is -0.405 e. The normalized spacial score (nSPS) is 39.6. The Hall–Kier alpha value is -0.0151. The average molecular weight is 210 g/mol. The Morgan fingerprint density at radius 3 is 2.53 bits per heavy atom. The van der Waals surface area contributed by atoms with E-state index in [2.05, 4.69) is 34.6 Å². The van der Waals surface area contributed by atoms with Gasteiger partial charge in [-0.05, 0) is 37.4 Å². The molecule has 1 saturated heterocycles. The molecule has 0 bridgehead atoms. The molecule has 1 aliphatic carbocycles. The number of hydrogen-bond acceptors (Lipinski definition) is 2. The molecule has 0 aromatic carbocycles. The van der Waals surface area contributed by atoms with Gasteiger partial charge >= 0.3 is 7.12 Å². The van der Waals surface area contributed by atoms with Crippen LogP contribution in [0.25, 0.3) is 0 Å². The second-order valence-corrected chi connectivity index (χ2v) is 6.55. The van der Waals surface area contributed by atoms with Crippen LogP contribution < -0.4 is 0 Å². The molecule has 3 heteroatoms. The van der Waals surface area contributed by atoms with Crippen LogP contribution in [0.4, 0.5) is 0 Å². The molecule has 1 heterocycles. The second kappa shape index (κ2) is 3.49. The standard InChI is InChI=1S/C12H23BO2/c1-9(2)13-14-10-6-7-11(3,4)8-12(10,5)15-13/h9-10H,6-8H2,1-5H3. The molecule has 2 fully saturated rings. The van der Waals surface area contributed by atoms with E-state index in [-0.39, 0.29) is 12.7 Å². The van der Waals surface area contributed by atoms with Gasteiger partial charge in [-0.2, -0.15) is 0 Å². The summed E-state index contributed by atoms with van der Waals surface area (Å²) in [5.74, 6) is 0.454. The average Bonchev–Trinajstić information content (AvgIpc) is 2.39. The van der Waals surface area contributed by atoms with Gasteiger partial charge in [-0.1, -0.05) is 27.7 Å². The van der Waals surface area contributed by atoms with E-state index in [4.69, 9.17) is 9.31 Å². The summed E-state index contributed by atoms with van der Waals surface area (Å²) in [5, 5.41) is 0. The summed E-state index contributed by atoms with van der Waals surface area (Å²) < 4.78 is 12.1. The quantitative estimate of drug-likeness (QED) is 0.618. The van der Waals surface area contributed by atoms with Gasteiger partial charge in [-0.15, -0.1) is 0 Å². The highest BCUT2D eigenvalue weighted by Gasteiger charge is 2.53. The molecule has 2 aliphatic rings. The first kappa shape index (κ1) is 11.5. The molecule has 1 saturated carbocycles. The maximum Gasteiger partial charge on any atom is 0.460 e. The van der Waals surface area contributed by atoms with Crippen molar-refractivity contribution >= 4 is 7.12 Å². The Morgan fingerprint density at radius 2 is 1.93 bits per heavy atom. The van der Waals surface area contributed by atoms with E-state index in [9.17, 15) is 0 Å². The predicted molar refractivity (Wildman–Crippen MR) is 62.8 cm³/mol. The van der Waals surface area contributed by atoms with E-state index < -0.39 is 0 Å². The van der Waals surface area contributed by atoms with Crippen molar-refractivity contribution in [2.45, 2.75) is 71.4 Å². The van der Waals surface area contributed by atoms with Crippen molar-refractivity contribution in [3.63, 3.8) is 0 Å². The summed E-state index contributed by atoms with van der Waals surface area (Å²) in [4.78, 5) is 0. The molecule has 2 atom stereocenters. The lowest BCUT2D eigenvalue weighted by Crippen LogP contribution is -2.45. The van der Waals surface area contributed by atoms with Gasteiger partial charge in [0.15, 0.2) is 0 Å². The van der Waals surface area contributed by atoms with Gasteiger partial charge in [0.2, 0.25) is 0 Å². The predicted octanol–water partition coefficient (Wildman–Crippen LogP) is 3.27. The van der Waals surface area contributed by atoms with Gasteiger partial charge in [0.1, 0.15) is 0 Å². The molecular formula is C12H23BO2. The summed E-state index contributed by atoms with van der Waals surface area (Å²) in [5.41, 5.74) is 0.358. The first-order valence-electron chi connectivity index (χ1n) is 6.16. The van der Waals surface area contributed by atoms with Crippen molar-refractivity contribution in [2.24, 2.45) is 5.41 Å². The van der Waals surface area contributed by atoms with Crippen LogP contribution in [0.3, 0.4) is 0 Å². The Labute approximate surface area is 93.9 Å². The molecule has 0 amide bonds. The molecule has 0 aromatic heterocycles. The fourth-order valence-electron chi connectivity index (χ4n) is 3.06. The summed E-state index contributed by atoms with van der Waals surface area (Å²) in [6.45, 7) is 11.2. The first-order chi connectivity index (χ1) is 6.82. The molecule has 15 heavy (non-hydrogen) atoms. The number of fused-ring (bicyclic) bond motifs is 1. The van der Waals surface area contributed by atoms with Crippen LogP contribution in [0, 0.1) is 5.41 Å². The molecule has 0 aromatic rings. The zero-order chi connectivity index (χ0) is 11.3. The van der Waals surface area contributed by atoms with Crippen LogP contribution in [0.5, 0.6) is 0 Å². The van der Waals surface area contributed by atoms with Crippen molar-refractivity contribution in [3.8, 4) is 0 Å². The van der Waals surface area contributed by atoms with Crippen LogP contribution in [0.15, 0.2) is 0 Å². The summed E-state index contributed by atoms with van der Waals surface area (Å²) in [6.07, 6.45) is 3.83. The maximum absolute atomic E-state index is 6.13. The highest BCUT2D eigenvalue weighted by Crippen LogP contribution is 2.48. The lowest BCUT2D eigenvalue weighted by molar-refractivity contribution is -0.0298. The van der Waals surface area contributed by atoms with Crippen LogP contribution >= 0.6 is 0 Å². The highest BCUT2D eigenvalue weighted by atomic mass is 16.7. The van der Waals surface area contributed by atoms with E-state index in [1.165, 1.54) is 6.42 Å². The molecule has 2 unspecified atom stereocenters. The molecule has 1 aliphatic heterocycles. The van der Waals surface area contributed by atoms with Crippen LogP contribution in [0.1, 0.15) is 53.9 Å². The van der Waals surface area contributed by atoms with Crippen LogP contribution in [-0.4, -0.2) is 18.8 Å². The van der Waals surface area contributed by atoms with E-state index >= 15 is 0 Å². The van der Waals surface area contributed by atoms with Gasteiger partial charge in [0, 0.05) is 0 Å². The fourth-order valence-corrected chi connectivity index (χ4v) is 3.06. The highest BCUT2D eigenvalue weighted by molar-refractivity contribution is 6.47. The van der Waals surface area contributed by atoms with Crippen LogP contribution in [0.2, 0.25) is 5.82 Å². The summed E-state index contributed by atoms with van der Waals surface area (Å²) >= 11 is 0. The largest absolute Gasteiger partial charge is 0.460 e. The Balaban J connectivity index is 2.11. The molecule has 2 rings (SSSR count). The Bertz CT molecular complexity index is 252. The SMILES string of the molecule is CC(C)B1OC2CCC(C)(C)CC2(C)O1. The van der Waals surface area contributed by atoms with E-state index in [0.717, 1.165) is 12.8 Å². The lowest BCUT2D eigenvalue weighted by atomic mass is 9.69. The Morgan fingerprint density at radius 1 is 1.27 bits per heavy atom. The third-order valence-corrected chi connectivity index (χ3v) is 3.82. The summed E-state index contributed by atoms with van der Waals surface area (Å²) in [7, 11) is 0.00824. The van der Waals surface area contributed by atoms with E-state index in [0.29, 0.717) is 17.3 Å². The monoisotopic (exact) mass is 210 g/mol. The fraction of sp³-hybridized carbons (Fsp3) is 1.00. The van der Waals surface area contributed by atoms with Crippen molar-refractivity contribution in [1.29, 1.82) is 0 Å². The number of rotatable bonds is 1. The first-order valence-corrected chi connectivity index (χ1v) is 6.16. The van der Waals surface area contributed by atoms with Crippen molar-refractivity contribution in [1.82, 2.24) is 0 Å². The molecule has 0 radical (unpaired) electrons. The van der Waals surface area contributed by atoms with Gasteiger partial charge in [0.25, 0.3) is 0 Å². The van der Waals surface area contributed by atoms with E-state index in [1.807, 2.05) is 0 Å². The lowest BCUT2D eigenvalue weighted by Gasteiger charge is -2.43. The van der Waals surface area contributed by atoms with Crippen molar-refractivity contribution in [2.75, 3.05) is 0 Å².